The summed E-state index contributed by atoms with van der Waals surface area (Å²) in [4.78, 5) is 22.3. The number of nitrogens with two attached hydrogens (primary N) is 1. The van der Waals surface area contributed by atoms with Crippen molar-refractivity contribution < 1.29 is 18.0 Å². The number of nitrogens with one attached hydrogen (secondary N) is 1. The number of aromatic nitrogens is 2. The Morgan fingerprint density at radius 1 is 1.20 bits per heavy atom. The van der Waals surface area contributed by atoms with Crippen LogP contribution >= 0.6 is 0 Å². The molecule has 0 spiro atoms. The zero-order valence-corrected chi connectivity index (χ0v) is 16.0. The van der Waals surface area contributed by atoms with Crippen LogP contribution in [0.5, 0.6) is 0 Å². The number of hydrogen-bond acceptors (Lipinski definition) is 5. The second-order valence-corrected chi connectivity index (χ2v) is 7.22. The Labute approximate surface area is 170 Å². The molecule has 1 amide bonds. The summed E-state index contributed by atoms with van der Waals surface area (Å²) in [6.45, 7) is 2.34. The van der Waals surface area contributed by atoms with Crippen molar-refractivity contribution in [2.75, 3.05) is 25.0 Å². The van der Waals surface area contributed by atoms with E-state index < -0.39 is 29.8 Å². The molecule has 2 heterocycles. The number of para-hydroxylation sites is 1. The van der Waals surface area contributed by atoms with Crippen LogP contribution in [0.25, 0.3) is 10.9 Å². The van der Waals surface area contributed by atoms with E-state index in [0.29, 0.717) is 28.8 Å². The first-order valence-electron chi connectivity index (χ1n) is 9.54. The van der Waals surface area contributed by atoms with E-state index in [9.17, 15) is 18.0 Å². The van der Waals surface area contributed by atoms with Gasteiger partial charge in [-0.1, -0.05) is 12.1 Å². The molecule has 1 atom stereocenters. The molecular formula is C21H20F3N5O. The molecule has 1 saturated heterocycles. The van der Waals surface area contributed by atoms with Crippen LogP contribution in [0.15, 0.2) is 42.7 Å². The Morgan fingerprint density at radius 2 is 2.00 bits per heavy atom. The minimum absolute atomic E-state index is 0.263. The Hall–Kier alpha value is -3.20. The molecule has 1 aliphatic rings. The summed E-state index contributed by atoms with van der Waals surface area (Å²) in [6, 6.07) is 8.33. The second kappa shape index (κ2) is 8.27. The summed E-state index contributed by atoms with van der Waals surface area (Å²) >= 11 is 0. The molecule has 1 aliphatic heterocycles. The number of amides is 1. The van der Waals surface area contributed by atoms with Gasteiger partial charge in [-0.2, -0.15) is 0 Å². The highest BCUT2D eigenvalue weighted by molar-refractivity contribution is 6.06. The fraction of sp³-hybridized carbons (Fsp3) is 0.286. The van der Waals surface area contributed by atoms with E-state index in [1.54, 1.807) is 18.2 Å². The number of fused-ring (bicyclic) bond motifs is 1. The minimum atomic E-state index is -2.91. The van der Waals surface area contributed by atoms with Crippen LogP contribution in [0.1, 0.15) is 40.4 Å². The van der Waals surface area contributed by atoms with E-state index in [2.05, 4.69) is 20.2 Å². The number of primary amides is 1. The third kappa shape index (κ3) is 3.93. The lowest BCUT2D eigenvalue weighted by molar-refractivity contribution is 0.100. The van der Waals surface area contributed by atoms with Gasteiger partial charge in [0.05, 0.1) is 22.7 Å². The van der Waals surface area contributed by atoms with Gasteiger partial charge < -0.3 is 16.0 Å². The average molecular weight is 415 g/mol. The lowest BCUT2D eigenvalue weighted by Crippen LogP contribution is -2.41. The van der Waals surface area contributed by atoms with Gasteiger partial charge in [0.25, 0.3) is 12.3 Å². The van der Waals surface area contributed by atoms with Crippen molar-refractivity contribution in [3.05, 3.63) is 65.2 Å². The smallest absolute Gasteiger partial charge is 0.266 e. The van der Waals surface area contributed by atoms with E-state index in [0.717, 1.165) is 25.6 Å². The summed E-state index contributed by atoms with van der Waals surface area (Å²) < 4.78 is 40.3. The van der Waals surface area contributed by atoms with Gasteiger partial charge in [-0.15, -0.1) is 0 Å². The van der Waals surface area contributed by atoms with Crippen LogP contribution in [0.4, 0.5) is 19.0 Å². The molecule has 0 saturated carbocycles. The van der Waals surface area contributed by atoms with Crippen LogP contribution in [-0.4, -0.2) is 40.4 Å². The molecule has 9 heteroatoms. The van der Waals surface area contributed by atoms with Gasteiger partial charge in [0.2, 0.25) is 0 Å². The predicted octanol–water partition coefficient (Wildman–Crippen LogP) is 3.66. The van der Waals surface area contributed by atoms with E-state index in [4.69, 9.17) is 5.73 Å². The van der Waals surface area contributed by atoms with Crippen LogP contribution in [0, 0.1) is 5.82 Å². The van der Waals surface area contributed by atoms with Gasteiger partial charge >= 0.3 is 0 Å². The second-order valence-electron chi connectivity index (χ2n) is 7.22. The van der Waals surface area contributed by atoms with Gasteiger partial charge in [-0.05, 0) is 49.3 Å². The third-order valence-corrected chi connectivity index (χ3v) is 5.29. The zero-order valence-electron chi connectivity index (χ0n) is 16.0. The number of carbonyl (C=O) groups excluding carboxylic acids is 1. The Kier molecular flexibility index (Phi) is 5.54. The van der Waals surface area contributed by atoms with Crippen LogP contribution < -0.4 is 11.1 Å². The average Bonchev–Trinajstić information content (AvgIpc) is 2.69. The van der Waals surface area contributed by atoms with Crippen molar-refractivity contribution in [1.82, 2.24) is 14.9 Å². The van der Waals surface area contributed by atoms with E-state index in [1.165, 1.54) is 18.5 Å². The maximum Gasteiger partial charge on any atom is 0.266 e. The minimum Gasteiger partial charge on any atom is -0.366 e. The first-order valence-corrected chi connectivity index (χ1v) is 9.54. The summed E-state index contributed by atoms with van der Waals surface area (Å²) in [7, 11) is 0. The van der Waals surface area contributed by atoms with Gasteiger partial charge in [0.1, 0.15) is 18.0 Å². The topological polar surface area (TPSA) is 84.1 Å². The Bertz CT molecular complexity index is 1090. The van der Waals surface area contributed by atoms with E-state index in [-0.39, 0.29) is 5.56 Å². The van der Waals surface area contributed by atoms with Gasteiger partial charge in [0.15, 0.2) is 0 Å². The first kappa shape index (κ1) is 20.1. The molecule has 0 bridgehead atoms. The van der Waals surface area contributed by atoms with Crippen molar-refractivity contribution in [1.29, 1.82) is 0 Å². The molecule has 1 unspecified atom stereocenters. The molecule has 156 valence electrons. The molecule has 0 aliphatic carbocycles. The number of rotatable bonds is 7. The van der Waals surface area contributed by atoms with E-state index in [1.807, 2.05) is 0 Å². The van der Waals surface area contributed by atoms with Crippen molar-refractivity contribution in [3.8, 4) is 0 Å². The largest absolute Gasteiger partial charge is 0.366 e. The lowest BCUT2D eigenvalue weighted by Gasteiger charge is -2.35. The number of halogens is 3. The summed E-state index contributed by atoms with van der Waals surface area (Å²) in [6.07, 6.45) is -0.531. The van der Waals surface area contributed by atoms with E-state index >= 15 is 0 Å². The number of anilines is 1. The van der Waals surface area contributed by atoms with Crippen molar-refractivity contribution >= 4 is 22.6 Å². The maximum atomic E-state index is 13.8. The van der Waals surface area contributed by atoms with Crippen molar-refractivity contribution in [2.45, 2.75) is 18.9 Å². The molecule has 3 N–H and O–H groups in total. The molecule has 3 aromatic rings. The molecule has 2 aromatic carbocycles. The first-order chi connectivity index (χ1) is 14.4. The van der Waals surface area contributed by atoms with Crippen LogP contribution in [0.2, 0.25) is 0 Å². The lowest BCUT2D eigenvalue weighted by atomic mass is 10.0. The summed E-state index contributed by atoms with van der Waals surface area (Å²) in [5, 5.41) is 3.86. The third-order valence-electron chi connectivity index (χ3n) is 5.29. The normalized spacial score (nSPS) is 15.2. The summed E-state index contributed by atoms with van der Waals surface area (Å²) in [5.41, 5.74) is 5.99. The Morgan fingerprint density at radius 3 is 2.67 bits per heavy atom. The molecule has 0 radical (unpaired) electrons. The van der Waals surface area contributed by atoms with Gasteiger partial charge in [0, 0.05) is 11.9 Å². The van der Waals surface area contributed by atoms with Crippen molar-refractivity contribution in [3.63, 3.8) is 0 Å². The highest BCUT2D eigenvalue weighted by Crippen LogP contribution is 2.30. The quantitative estimate of drug-likeness (QED) is 0.615. The zero-order chi connectivity index (χ0) is 21.3. The van der Waals surface area contributed by atoms with Gasteiger partial charge in [-0.3, -0.25) is 4.79 Å². The molecule has 4 rings (SSSR count). The molecule has 30 heavy (non-hydrogen) atoms. The Balaban J connectivity index is 1.74. The number of nitrogens with zero attached hydrogens (tertiary/aromatic N) is 3. The molecule has 1 fully saturated rings. The van der Waals surface area contributed by atoms with Gasteiger partial charge in [-0.25, -0.2) is 23.1 Å². The summed E-state index contributed by atoms with van der Waals surface area (Å²) in [5.74, 6) is -1.10. The number of hydrogen-bond donors (Lipinski definition) is 2. The van der Waals surface area contributed by atoms with Crippen molar-refractivity contribution in [2.24, 2.45) is 5.73 Å². The number of carbonyl (C=O) groups is 1. The number of alkyl halides is 2. The highest BCUT2D eigenvalue weighted by Gasteiger charge is 2.24. The predicted molar refractivity (Wildman–Crippen MR) is 107 cm³/mol. The number of benzene rings is 2. The van der Waals surface area contributed by atoms with Crippen LogP contribution in [-0.2, 0) is 0 Å². The fourth-order valence-electron chi connectivity index (χ4n) is 3.57. The standard InChI is InChI=1S/C21H20F3N5O/c22-16-6-5-12(9-15(16)19(23)24)17(10-29-7-2-8-29)28-21-14-4-1-3-13(20(25)30)18(14)26-11-27-21/h1,3-6,9,11,17,19H,2,7-8,10H2,(H2,25,30)(H,26,27,28). The monoisotopic (exact) mass is 415 g/mol. The molecule has 6 nitrogen and oxygen atoms in total. The van der Waals surface area contributed by atoms with Crippen LogP contribution in [0.3, 0.4) is 0 Å². The molecule has 1 aromatic heterocycles. The SMILES string of the molecule is NC(=O)c1cccc2c(NC(CN3CCC3)c3ccc(F)c(C(F)F)c3)ncnc12. The number of likely N-dealkylation sites (tertiary alicyclic amines) is 1. The molecular weight excluding hydrogens is 395 g/mol. The maximum absolute atomic E-state index is 13.8. The highest BCUT2D eigenvalue weighted by atomic mass is 19.3. The fourth-order valence-corrected chi connectivity index (χ4v) is 3.57.